The third kappa shape index (κ3) is 6.57. The van der Waals surface area contributed by atoms with Gasteiger partial charge in [0.1, 0.15) is 17.5 Å². The maximum Gasteiger partial charge on any atom is 0.408 e. The summed E-state index contributed by atoms with van der Waals surface area (Å²) in [6.07, 6.45) is -0.652. The minimum absolute atomic E-state index is 0.329. The van der Waals surface area contributed by atoms with Crippen LogP contribution in [-0.4, -0.2) is 35.1 Å². The Bertz CT molecular complexity index is 1050. The smallest absolute Gasteiger partial charge is 0.408 e. The summed E-state index contributed by atoms with van der Waals surface area (Å²) >= 11 is 7.45. The van der Waals surface area contributed by atoms with E-state index in [1.165, 1.54) is 11.5 Å². The van der Waals surface area contributed by atoms with E-state index in [-0.39, 0.29) is 5.91 Å². The maximum atomic E-state index is 12.8. The lowest BCUT2D eigenvalue weighted by molar-refractivity contribution is -0.123. The quantitative estimate of drug-likeness (QED) is 0.443. The highest BCUT2D eigenvalue weighted by molar-refractivity contribution is 7.13. The predicted molar refractivity (Wildman–Crippen MR) is 125 cm³/mol. The van der Waals surface area contributed by atoms with E-state index in [0.29, 0.717) is 23.7 Å². The first-order valence-corrected chi connectivity index (χ1v) is 11.0. The molecule has 0 saturated carbocycles. The van der Waals surface area contributed by atoms with E-state index in [1.54, 1.807) is 32.9 Å². The van der Waals surface area contributed by atoms with E-state index < -0.39 is 17.7 Å². The van der Waals surface area contributed by atoms with Crippen molar-refractivity contribution in [1.82, 2.24) is 15.0 Å². The van der Waals surface area contributed by atoms with Crippen molar-refractivity contribution in [3.8, 4) is 0 Å². The Balaban J connectivity index is 1.59. The van der Waals surface area contributed by atoms with Crippen molar-refractivity contribution in [2.75, 3.05) is 18.4 Å². The summed E-state index contributed by atoms with van der Waals surface area (Å²) < 4.78 is 10.7. The lowest BCUT2D eigenvalue weighted by Crippen LogP contribution is -2.43. The molecule has 9 heteroatoms. The van der Waals surface area contributed by atoms with Gasteiger partial charge >= 0.3 is 6.09 Å². The van der Waals surface area contributed by atoms with Crippen LogP contribution >= 0.6 is 23.1 Å². The zero-order valence-corrected chi connectivity index (χ0v) is 19.1. The SMILES string of the molecule is CC(C)(C)OC(=O)NC(C(=O)NCCNc1nsc2ccc(Cl)cc12)c1ccccc1. The average molecular weight is 461 g/mol. The van der Waals surface area contributed by atoms with Crippen molar-refractivity contribution in [2.45, 2.75) is 32.4 Å². The van der Waals surface area contributed by atoms with Crippen LogP contribution in [0.2, 0.25) is 5.02 Å². The van der Waals surface area contributed by atoms with Gasteiger partial charge in [0, 0.05) is 23.5 Å². The Hall–Kier alpha value is -2.84. The van der Waals surface area contributed by atoms with Gasteiger partial charge in [0.2, 0.25) is 5.91 Å². The molecule has 0 saturated heterocycles. The number of nitrogens with zero attached hydrogens (tertiary/aromatic N) is 1. The van der Waals surface area contributed by atoms with Gasteiger partial charge in [-0.3, -0.25) is 4.79 Å². The molecule has 2 amide bonds. The zero-order chi connectivity index (χ0) is 22.4. The summed E-state index contributed by atoms with van der Waals surface area (Å²) in [4.78, 5) is 25.1. The number of carbonyl (C=O) groups excluding carboxylic acids is 2. The van der Waals surface area contributed by atoms with E-state index in [2.05, 4.69) is 20.3 Å². The molecule has 3 aromatic rings. The summed E-state index contributed by atoms with van der Waals surface area (Å²) in [7, 11) is 0. The second kappa shape index (κ2) is 9.98. The highest BCUT2D eigenvalue weighted by Gasteiger charge is 2.25. The van der Waals surface area contributed by atoms with Crippen LogP contribution < -0.4 is 16.0 Å². The molecule has 0 radical (unpaired) electrons. The normalized spacial score (nSPS) is 12.3. The van der Waals surface area contributed by atoms with Gasteiger partial charge in [-0.1, -0.05) is 41.9 Å². The van der Waals surface area contributed by atoms with Crippen LogP contribution in [0.4, 0.5) is 10.6 Å². The summed E-state index contributed by atoms with van der Waals surface area (Å²) in [5.74, 6) is 0.397. The topological polar surface area (TPSA) is 92.3 Å². The van der Waals surface area contributed by atoms with E-state index in [1.807, 2.05) is 36.4 Å². The van der Waals surface area contributed by atoms with E-state index >= 15 is 0 Å². The fourth-order valence-electron chi connectivity index (χ4n) is 2.88. The van der Waals surface area contributed by atoms with Crippen molar-refractivity contribution in [2.24, 2.45) is 0 Å². The zero-order valence-electron chi connectivity index (χ0n) is 17.6. The van der Waals surface area contributed by atoms with Crippen molar-refractivity contribution < 1.29 is 14.3 Å². The number of fused-ring (bicyclic) bond motifs is 1. The lowest BCUT2D eigenvalue weighted by atomic mass is 10.1. The third-order valence-electron chi connectivity index (χ3n) is 4.20. The van der Waals surface area contributed by atoms with Crippen LogP contribution in [0.25, 0.3) is 10.1 Å². The first kappa shape index (κ1) is 22.8. The van der Waals surface area contributed by atoms with Crippen LogP contribution in [0, 0.1) is 0 Å². The minimum Gasteiger partial charge on any atom is -0.444 e. The maximum absolute atomic E-state index is 12.8. The van der Waals surface area contributed by atoms with E-state index in [9.17, 15) is 9.59 Å². The van der Waals surface area contributed by atoms with Crippen molar-refractivity contribution in [1.29, 1.82) is 0 Å². The Morgan fingerprint density at radius 3 is 2.58 bits per heavy atom. The fraction of sp³-hybridized carbons (Fsp3) is 0.318. The molecule has 0 aliphatic rings. The van der Waals surface area contributed by atoms with Gasteiger partial charge in [-0.25, -0.2) is 4.79 Å². The molecule has 3 rings (SSSR count). The standard InChI is InChI=1S/C22H25ClN4O3S/c1-22(2,3)30-21(29)26-18(14-7-5-4-6-8-14)20(28)25-12-11-24-19-16-13-15(23)9-10-17(16)31-27-19/h4-10,13,18H,11-12H2,1-3H3,(H,24,27)(H,25,28)(H,26,29). The first-order chi connectivity index (χ1) is 14.7. The van der Waals surface area contributed by atoms with E-state index in [0.717, 1.165) is 15.9 Å². The number of benzene rings is 2. The largest absolute Gasteiger partial charge is 0.444 e. The molecular weight excluding hydrogens is 436 g/mol. The second-order valence-electron chi connectivity index (χ2n) is 7.88. The van der Waals surface area contributed by atoms with Crippen molar-refractivity contribution in [3.05, 3.63) is 59.1 Å². The fourth-order valence-corrected chi connectivity index (χ4v) is 3.79. The molecule has 1 unspecified atom stereocenters. The number of amides is 2. The van der Waals surface area contributed by atoms with Gasteiger partial charge in [-0.15, -0.1) is 0 Å². The molecule has 164 valence electrons. The van der Waals surface area contributed by atoms with Gasteiger partial charge in [0.25, 0.3) is 0 Å². The number of aromatic nitrogens is 1. The number of rotatable bonds is 7. The lowest BCUT2D eigenvalue weighted by Gasteiger charge is -2.23. The Morgan fingerprint density at radius 1 is 1.13 bits per heavy atom. The number of nitrogens with one attached hydrogen (secondary N) is 3. The minimum atomic E-state index is -0.866. The number of hydrogen-bond donors (Lipinski definition) is 3. The number of halogens is 1. The third-order valence-corrected chi connectivity index (χ3v) is 5.27. The number of ether oxygens (including phenoxy) is 1. The second-order valence-corrected chi connectivity index (χ2v) is 9.12. The van der Waals surface area contributed by atoms with Crippen molar-refractivity contribution in [3.63, 3.8) is 0 Å². The highest BCUT2D eigenvalue weighted by atomic mass is 35.5. The summed E-state index contributed by atoms with van der Waals surface area (Å²) in [5, 5.41) is 10.3. The molecule has 0 aliphatic carbocycles. The van der Waals surface area contributed by atoms with Gasteiger partial charge < -0.3 is 20.7 Å². The molecule has 0 fully saturated rings. The molecule has 2 aromatic carbocycles. The van der Waals surface area contributed by atoms with Crippen LogP contribution in [0.15, 0.2) is 48.5 Å². The van der Waals surface area contributed by atoms with Crippen molar-refractivity contribution >= 4 is 51.0 Å². The Kier molecular flexibility index (Phi) is 7.35. The highest BCUT2D eigenvalue weighted by Crippen LogP contribution is 2.29. The van der Waals surface area contributed by atoms with Gasteiger partial charge in [0.05, 0.1) is 4.70 Å². The Morgan fingerprint density at radius 2 is 1.87 bits per heavy atom. The van der Waals surface area contributed by atoms with Crippen LogP contribution in [0.5, 0.6) is 0 Å². The van der Waals surface area contributed by atoms with Gasteiger partial charge in [-0.2, -0.15) is 4.37 Å². The van der Waals surface area contributed by atoms with Gasteiger partial charge in [-0.05, 0) is 56.1 Å². The molecule has 1 atom stereocenters. The van der Waals surface area contributed by atoms with E-state index in [4.69, 9.17) is 16.3 Å². The molecule has 3 N–H and O–H groups in total. The molecule has 0 spiro atoms. The molecule has 1 aromatic heterocycles. The molecule has 1 heterocycles. The molecule has 31 heavy (non-hydrogen) atoms. The number of hydrogen-bond acceptors (Lipinski definition) is 6. The number of carbonyl (C=O) groups is 2. The predicted octanol–water partition coefficient (Wildman–Crippen LogP) is 4.74. The first-order valence-electron chi connectivity index (χ1n) is 9.84. The number of alkyl carbamates (subject to hydrolysis) is 1. The average Bonchev–Trinajstić information content (AvgIpc) is 3.10. The molecule has 0 aliphatic heterocycles. The summed E-state index contributed by atoms with van der Waals surface area (Å²) in [5.41, 5.74) is 0.00392. The van der Waals surface area contributed by atoms with Crippen LogP contribution in [0.1, 0.15) is 32.4 Å². The monoisotopic (exact) mass is 460 g/mol. The molecule has 7 nitrogen and oxygen atoms in total. The molecular formula is C22H25ClN4O3S. The molecule has 0 bridgehead atoms. The van der Waals surface area contributed by atoms with Crippen LogP contribution in [0.3, 0.4) is 0 Å². The number of anilines is 1. The Labute approximate surface area is 190 Å². The summed E-state index contributed by atoms with van der Waals surface area (Å²) in [6.45, 7) is 6.12. The van der Waals surface area contributed by atoms with Gasteiger partial charge in [0.15, 0.2) is 0 Å². The summed E-state index contributed by atoms with van der Waals surface area (Å²) in [6, 6.07) is 13.8. The van der Waals surface area contributed by atoms with Crippen LogP contribution in [-0.2, 0) is 9.53 Å².